The summed E-state index contributed by atoms with van der Waals surface area (Å²) < 4.78 is 5.24. The Morgan fingerprint density at radius 3 is 2.49 bits per heavy atom. The molecule has 0 aliphatic carbocycles. The van der Waals surface area contributed by atoms with Gasteiger partial charge in [-0.15, -0.1) is 0 Å². The summed E-state index contributed by atoms with van der Waals surface area (Å²) in [7, 11) is 1.61. The van der Waals surface area contributed by atoms with Gasteiger partial charge in [0, 0.05) is 42.3 Å². The van der Waals surface area contributed by atoms with E-state index in [1.54, 1.807) is 12.0 Å². The number of rotatable bonds is 4. The van der Waals surface area contributed by atoms with Crippen molar-refractivity contribution in [3.63, 3.8) is 0 Å². The minimum atomic E-state index is -0.161. The fourth-order valence-corrected chi connectivity index (χ4v) is 4.52. The standard InChI is InChI=1S/C23H22N4O3.C7H8/c1-30-18-4-5-19-17(11-18)12-21(25-19)23(29)27-9-8-26(22(28)14-27)13-15-2-3-16-6-7-24-20(16)10-15;1-7-5-3-2-4-6-7/h2-7,10-12,24-25H,8-9,13-14H2,1H3;2-6H,1H3. The summed E-state index contributed by atoms with van der Waals surface area (Å²) in [5.74, 6) is 0.534. The largest absolute Gasteiger partial charge is 0.497 e. The van der Waals surface area contributed by atoms with Gasteiger partial charge in [-0.1, -0.05) is 48.0 Å². The Kier molecular flexibility index (Phi) is 6.94. The van der Waals surface area contributed by atoms with Crippen molar-refractivity contribution in [2.45, 2.75) is 13.5 Å². The molecule has 6 rings (SSSR count). The van der Waals surface area contributed by atoms with Crippen LogP contribution in [0.4, 0.5) is 0 Å². The van der Waals surface area contributed by atoms with Gasteiger partial charge in [0.1, 0.15) is 18.0 Å². The van der Waals surface area contributed by atoms with Gasteiger partial charge >= 0.3 is 0 Å². The van der Waals surface area contributed by atoms with Crippen LogP contribution in [0.15, 0.2) is 85.1 Å². The summed E-state index contributed by atoms with van der Waals surface area (Å²) >= 11 is 0. The minimum absolute atomic E-state index is 0.0426. The summed E-state index contributed by atoms with van der Waals surface area (Å²) in [4.78, 5) is 35.4. The van der Waals surface area contributed by atoms with Crippen molar-refractivity contribution in [2.75, 3.05) is 26.7 Å². The first-order valence-electron chi connectivity index (χ1n) is 12.3. The van der Waals surface area contributed by atoms with Crippen molar-refractivity contribution >= 4 is 33.6 Å². The molecule has 1 saturated heterocycles. The molecule has 188 valence electrons. The summed E-state index contributed by atoms with van der Waals surface area (Å²) in [6.45, 7) is 3.74. The van der Waals surface area contributed by atoms with Crippen LogP contribution in [-0.4, -0.2) is 58.3 Å². The number of piperazine rings is 1. The topological polar surface area (TPSA) is 81.4 Å². The van der Waals surface area contributed by atoms with Crippen LogP contribution < -0.4 is 4.74 Å². The molecule has 0 bridgehead atoms. The third kappa shape index (κ3) is 5.51. The Hall–Kier alpha value is -4.52. The van der Waals surface area contributed by atoms with E-state index in [1.807, 2.05) is 65.7 Å². The van der Waals surface area contributed by atoms with E-state index >= 15 is 0 Å². The van der Waals surface area contributed by atoms with E-state index in [9.17, 15) is 9.59 Å². The first-order valence-corrected chi connectivity index (χ1v) is 12.3. The number of hydrogen-bond acceptors (Lipinski definition) is 3. The van der Waals surface area contributed by atoms with E-state index in [2.05, 4.69) is 41.2 Å². The monoisotopic (exact) mass is 494 g/mol. The lowest BCUT2D eigenvalue weighted by Crippen LogP contribution is -2.51. The zero-order chi connectivity index (χ0) is 25.8. The maximum atomic E-state index is 12.9. The van der Waals surface area contributed by atoms with E-state index in [0.29, 0.717) is 25.3 Å². The van der Waals surface area contributed by atoms with Gasteiger partial charge in [-0.3, -0.25) is 9.59 Å². The predicted molar refractivity (Wildman–Crippen MR) is 146 cm³/mol. The number of aryl methyl sites for hydroxylation is 1. The van der Waals surface area contributed by atoms with Gasteiger partial charge in [0.2, 0.25) is 5.91 Å². The Balaban J connectivity index is 0.000000348. The Bertz CT molecular complexity index is 1540. The van der Waals surface area contributed by atoms with Gasteiger partial charge in [-0.25, -0.2) is 0 Å². The van der Waals surface area contributed by atoms with Gasteiger partial charge in [0.05, 0.1) is 7.11 Å². The highest BCUT2D eigenvalue weighted by Crippen LogP contribution is 2.23. The Morgan fingerprint density at radius 2 is 1.76 bits per heavy atom. The lowest BCUT2D eigenvalue weighted by atomic mass is 10.1. The van der Waals surface area contributed by atoms with Crippen LogP contribution in [0.3, 0.4) is 0 Å². The molecule has 0 saturated carbocycles. The molecule has 37 heavy (non-hydrogen) atoms. The Labute approximate surface area is 215 Å². The lowest BCUT2D eigenvalue weighted by molar-refractivity contribution is -0.135. The molecule has 0 unspecified atom stereocenters. The molecule has 2 aromatic heterocycles. The molecule has 0 atom stereocenters. The molecule has 0 radical (unpaired) electrons. The molecule has 1 fully saturated rings. The molecule has 2 N–H and O–H groups in total. The fourth-order valence-electron chi connectivity index (χ4n) is 4.52. The molecule has 1 aliphatic rings. The first-order chi connectivity index (χ1) is 18.0. The van der Waals surface area contributed by atoms with Crippen molar-refractivity contribution in [1.29, 1.82) is 0 Å². The van der Waals surface area contributed by atoms with Gasteiger partial charge in [0.15, 0.2) is 0 Å². The Morgan fingerprint density at radius 1 is 0.919 bits per heavy atom. The van der Waals surface area contributed by atoms with E-state index in [-0.39, 0.29) is 18.4 Å². The smallest absolute Gasteiger partial charge is 0.270 e. The normalized spacial score (nSPS) is 13.5. The number of methoxy groups -OCH3 is 1. The van der Waals surface area contributed by atoms with Crippen molar-refractivity contribution in [2.24, 2.45) is 0 Å². The fraction of sp³-hybridized carbons (Fsp3) is 0.200. The quantitative estimate of drug-likeness (QED) is 0.363. The lowest BCUT2D eigenvalue weighted by Gasteiger charge is -2.34. The van der Waals surface area contributed by atoms with Gasteiger partial charge < -0.3 is 24.5 Å². The number of ether oxygens (including phenoxy) is 1. The van der Waals surface area contributed by atoms with Crippen molar-refractivity contribution in [1.82, 2.24) is 19.8 Å². The second-order valence-corrected chi connectivity index (χ2v) is 9.23. The zero-order valence-electron chi connectivity index (χ0n) is 21.0. The number of carbonyl (C=O) groups is 2. The van der Waals surface area contributed by atoms with Crippen LogP contribution >= 0.6 is 0 Å². The third-order valence-corrected chi connectivity index (χ3v) is 6.60. The summed E-state index contributed by atoms with van der Waals surface area (Å²) in [6.07, 6.45) is 1.91. The van der Waals surface area contributed by atoms with Crippen LogP contribution in [-0.2, 0) is 11.3 Å². The highest BCUT2D eigenvalue weighted by Gasteiger charge is 2.28. The van der Waals surface area contributed by atoms with Gasteiger partial charge in [-0.05, 0) is 54.3 Å². The molecular weight excluding hydrogens is 464 g/mol. The molecule has 7 nitrogen and oxygen atoms in total. The van der Waals surface area contributed by atoms with Crippen molar-refractivity contribution in [3.05, 3.63) is 102 Å². The molecule has 0 spiro atoms. The molecule has 3 heterocycles. The minimum Gasteiger partial charge on any atom is -0.497 e. The maximum Gasteiger partial charge on any atom is 0.270 e. The van der Waals surface area contributed by atoms with Crippen LogP contribution in [0, 0.1) is 6.92 Å². The van der Waals surface area contributed by atoms with Crippen LogP contribution in [0.1, 0.15) is 21.6 Å². The molecule has 5 aromatic rings. The number of hydrogen-bond donors (Lipinski definition) is 2. The number of benzene rings is 3. The number of amides is 2. The average molecular weight is 495 g/mol. The maximum absolute atomic E-state index is 12.9. The number of fused-ring (bicyclic) bond motifs is 2. The van der Waals surface area contributed by atoms with E-state index in [4.69, 9.17) is 4.74 Å². The third-order valence-electron chi connectivity index (χ3n) is 6.60. The summed E-state index contributed by atoms with van der Waals surface area (Å²) in [5.41, 5.74) is 4.80. The van der Waals surface area contributed by atoms with Crippen LogP contribution in [0.2, 0.25) is 0 Å². The van der Waals surface area contributed by atoms with E-state index < -0.39 is 0 Å². The van der Waals surface area contributed by atoms with Crippen molar-refractivity contribution < 1.29 is 14.3 Å². The highest BCUT2D eigenvalue weighted by atomic mass is 16.5. The molecule has 3 aromatic carbocycles. The zero-order valence-corrected chi connectivity index (χ0v) is 21.0. The van der Waals surface area contributed by atoms with E-state index in [0.717, 1.165) is 33.1 Å². The molecule has 1 aliphatic heterocycles. The number of aromatic nitrogens is 2. The predicted octanol–water partition coefficient (Wildman–Crippen LogP) is 5.14. The second-order valence-electron chi connectivity index (χ2n) is 9.23. The van der Waals surface area contributed by atoms with Crippen LogP contribution in [0.5, 0.6) is 5.75 Å². The number of nitrogens with one attached hydrogen (secondary N) is 2. The molecule has 7 heteroatoms. The second kappa shape index (κ2) is 10.6. The highest BCUT2D eigenvalue weighted by molar-refractivity contribution is 6.00. The SMILES string of the molecule is COc1ccc2[nH]c(C(=O)N3CCN(Cc4ccc5cc[nH]c5c4)C(=O)C3)cc2c1.Cc1ccccc1. The number of H-pyrrole nitrogens is 2. The number of carbonyl (C=O) groups excluding carboxylic acids is 2. The summed E-state index contributed by atoms with van der Waals surface area (Å²) in [5, 5.41) is 2.05. The molecule has 2 amide bonds. The average Bonchev–Trinajstić information content (AvgIpc) is 3.56. The van der Waals surface area contributed by atoms with Crippen LogP contribution in [0.25, 0.3) is 21.8 Å². The number of aromatic amines is 2. The summed E-state index contributed by atoms with van der Waals surface area (Å²) in [6, 6.07) is 25.9. The van der Waals surface area contributed by atoms with Gasteiger partial charge in [0.25, 0.3) is 5.91 Å². The molecular formula is C30H30N4O3. The first kappa shape index (κ1) is 24.2. The van der Waals surface area contributed by atoms with E-state index in [1.165, 1.54) is 5.56 Å². The number of nitrogens with zero attached hydrogens (tertiary/aromatic N) is 2. The van der Waals surface area contributed by atoms with Crippen molar-refractivity contribution in [3.8, 4) is 5.75 Å². The van der Waals surface area contributed by atoms with Gasteiger partial charge in [-0.2, -0.15) is 0 Å².